The molecule has 1 N–H and O–H groups in total. The first kappa shape index (κ1) is 28.6. The number of amides is 2. The van der Waals surface area contributed by atoms with Gasteiger partial charge in [-0.2, -0.15) is 0 Å². The molecule has 4 rings (SSSR count). The van der Waals surface area contributed by atoms with E-state index in [1.807, 2.05) is 53.3 Å². The van der Waals surface area contributed by atoms with E-state index in [1.165, 1.54) is 17.4 Å². The Bertz CT molecular complexity index is 1340. The number of aryl methyl sites for hydroxylation is 1. The smallest absolute Gasteiger partial charge is 0.257 e. The number of methoxy groups -OCH3 is 1. The van der Waals surface area contributed by atoms with Crippen LogP contribution in [0.4, 0.5) is 10.9 Å². The minimum atomic E-state index is -0.215. The molecule has 3 heterocycles. The van der Waals surface area contributed by atoms with E-state index < -0.39 is 0 Å². The second-order valence-electron chi connectivity index (χ2n) is 10.5. The van der Waals surface area contributed by atoms with Crippen LogP contribution in [0.3, 0.4) is 0 Å². The Hall–Kier alpha value is -3.37. The molecule has 0 spiro atoms. The van der Waals surface area contributed by atoms with Crippen molar-refractivity contribution in [3.63, 3.8) is 0 Å². The Morgan fingerprint density at radius 3 is 2.69 bits per heavy atom. The van der Waals surface area contributed by atoms with Crippen LogP contribution in [0.1, 0.15) is 43.1 Å². The maximum atomic E-state index is 14.0. The summed E-state index contributed by atoms with van der Waals surface area (Å²) in [5.74, 6) is 1.07. The maximum absolute atomic E-state index is 14.0. The van der Waals surface area contributed by atoms with Crippen LogP contribution < -0.4 is 10.1 Å². The molecule has 0 radical (unpaired) electrons. The third-order valence-corrected chi connectivity index (χ3v) is 8.84. The fraction of sp³-hybridized carbons (Fsp3) is 0.379. The van der Waals surface area contributed by atoms with Crippen molar-refractivity contribution in [3.05, 3.63) is 66.5 Å². The lowest BCUT2D eigenvalue weighted by Crippen LogP contribution is -2.51. The zero-order chi connectivity index (χ0) is 28.2. The number of carbonyl (C=O) groups excluding carboxylic acids is 2. The van der Waals surface area contributed by atoms with Gasteiger partial charge in [-0.05, 0) is 54.7 Å². The molecule has 1 fully saturated rings. The third-order valence-electron chi connectivity index (χ3n) is 6.66. The molecule has 1 unspecified atom stereocenters. The Kier molecular flexibility index (Phi) is 8.97. The number of hydrogen-bond acceptors (Lipinski definition) is 8. The number of thiazole rings is 1. The van der Waals surface area contributed by atoms with Gasteiger partial charge in [0.15, 0.2) is 5.13 Å². The van der Waals surface area contributed by atoms with Crippen molar-refractivity contribution >= 4 is 45.9 Å². The van der Waals surface area contributed by atoms with Gasteiger partial charge >= 0.3 is 0 Å². The first-order valence-corrected chi connectivity index (χ1v) is 14.5. The highest BCUT2D eigenvalue weighted by molar-refractivity contribution is 8.01. The van der Waals surface area contributed by atoms with Crippen molar-refractivity contribution in [2.75, 3.05) is 32.1 Å². The van der Waals surface area contributed by atoms with Crippen molar-refractivity contribution in [2.45, 2.75) is 49.3 Å². The Labute approximate surface area is 238 Å². The standard InChI is InChI=1S/C29H35N5O3S2/c1-7-25(35)34-14-10-13-33(18-23(34)29(3,4)5)27(36)20-16-22(19(2)15-21(20)37-6)38-26-17-31-28(39-26)32-24-11-8-9-12-30-24/h7-9,11-12,15-17,23H,1,10,13-14,18H2,2-6H3,(H,30,31,32). The average Bonchev–Trinajstić information content (AvgIpc) is 3.21. The van der Waals surface area contributed by atoms with Crippen molar-refractivity contribution < 1.29 is 14.3 Å². The SMILES string of the molecule is C=CC(=O)N1CCCN(C(=O)c2cc(Sc3cnc(Nc4ccccn4)s3)c(C)cc2OC)CC1C(C)(C)C. The molecule has 2 aromatic heterocycles. The van der Waals surface area contributed by atoms with E-state index in [-0.39, 0.29) is 23.3 Å². The summed E-state index contributed by atoms with van der Waals surface area (Å²) in [6.07, 6.45) is 5.60. The molecule has 1 aromatic carbocycles. The van der Waals surface area contributed by atoms with Crippen LogP contribution in [0, 0.1) is 12.3 Å². The van der Waals surface area contributed by atoms with Crippen LogP contribution >= 0.6 is 23.1 Å². The Balaban J connectivity index is 1.58. The minimum Gasteiger partial charge on any atom is -0.496 e. The van der Waals surface area contributed by atoms with Crippen molar-refractivity contribution in [1.82, 2.24) is 19.8 Å². The normalized spacial score (nSPS) is 16.0. The van der Waals surface area contributed by atoms with Crippen LogP contribution in [-0.4, -0.2) is 64.4 Å². The van der Waals surface area contributed by atoms with Crippen molar-refractivity contribution in [3.8, 4) is 5.75 Å². The van der Waals surface area contributed by atoms with Gasteiger partial charge in [0.1, 0.15) is 11.6 Å². The van der Waals surface area contributed by atoms with E-state index in [0.717, 1.165) is 25.6 Å². The number of nitrogens with one attached hydrogen (secondary N) is 1. The Morgan fingerprint density at radius 1 is 1.23 bits per heavy atom. The van der Waals surface area contributed by atoms with Gasteiger partial charge in [-0.1, -0.05) is 56.5 Å². The summed E-state index contributed by atoms with van der Waals surface area (Å²) in [5, 5.41) is 3.97. The van der Waals surface area contributed by atoms with Gasteiger partial charge in [-0.15, -0.1) is 0 Å². The van der Waals surface area contributed by atoms with Gasteiger partial charge in [0.25, 0.3) is 5.91 Å². The summed E-state index contributed by atoms with van der Waals surface area (Å²) in [6, 6.07) is 9.36. The minimum absolute atomic E-state index is 0.0994. The summed E-state index contributed by atoms with van der Waals surface area (Å²) in [4.78, 5) is 40.0. The molecule has 1 atom stereocenters. The summed E-state index contributed by atoms with van der Waals surface area (Å²) >= 11 is 3.09. The number of aromatic nitrogens is 2. The lowest BCUT2D eigenvalue weighted by molar-refractivity contribution is -0.130. The van der Waals surface area contributed by atoms with E-state index >= 15 is 0 Å². The van der Waals surface area contributed by atoms with E-state index in [2.05, 4.69) is 42.6 Å². The molecule has 2 amide bonds. The molecule has 206 valence electrons. The molecule has 0 saturated carbocycles. The van der Waals surface area contributed by atoms with Crippen LogP contribution in [0.15, 0.2) is 64.5 Å². The summed E-state index contributed by atoms with van der Waals surface area (Å²) in [7, 11) is 1.59. The highest BCUT2D eigenvalue weighted by Gasteiger charge is 2.37. The second kappa shape index (κ2) is 12.2. The van der Waals surface area contributed by atoms with Gasteiger partial charge < -0.3 is 19.9 Å². The quantitative estimate of drug-likeness (QED) is 0.350. The van der Waals surface area contributed by atoms with E-state index in [0.29, 0.717) is 37.4 Å². The van der Waals surface area contributed by atoms with Crippen molar-refractivity contribution in [2.24, 2.45) is 5.41 Å². The average molecular weight is 566 g/mol. The Morgan fingerprint density at radius 2 is 2.03 bits per heavy atom. The van der Waals surface area contributed by atoms with Crippen LogP contribution in [0.2, 0.25) is 0 Å². The number of nitrogens with zero attached hydrogens (tertiary/aromatic N) is 4. The molecule has 0 aliphatic carbocycles. The number of carbonyl (C=O) groups is 2. The fourth-order valence-electron chi connectivity index (χ4n) is 4.59. The predicted molar refractivity (Wildman–Crippen MR) is 157 cm³/mol. The second-order valence-corrected chi connectivity index (χ2v) is 12.8. The van der Waals surface area contributed by atoms with Crippen LogP contribution in [-0.2, 0) is 4.79 Å². The van der Waals surface area contributed by atoms with Gasteiger partial charge in [-0.3, -0.25) is 9.59 Å². The zero-order valence-electron chi connectivity index (χ0n) is 23.1. The summed E-state index contributed by atoms with van der Waals surface area (Å²) in [5.41, 5.74) is 1.30. The monoisotopic (exact) mass is 565 g/mol. The first-order chi connectivity index (χ1) is 18.6. The molecule has 3 aromatic rings. The van der Waals surface area contributed by atoms with Gasteiger partial charge in [0.2, 0.25) is 5.91 Å². The van der Waals surface area contributed by atoms with Gasteiger partial charge in [0.05, 0.1) is 29.1 Å². The molecular weight excluding hydrogens is 530 g/mol. The molecular formula is C29H35N5O3S2. The van der Waals surface area contributed by atoms with E-state index in [1.54, 1.807) is 25.1 Å². The lowest BCUT2D eigenvalue weighted by atomic mass is 9.85. The number of ether oxygens (including phenoxy) is 1. The van der Waals surface area contributed by atoms with Crippen LogP contribution in [0.25, 0.3) is 0 Å². The third kappa shape index (κ3) is 6.80. The van der Waals surface area contributed by atoms with E-state index in [4.69, 9.17) is 4.74 Å². The highest BCUT2D eigenvalue weighted by Crippen LogP contribution is 2.39. The number of hydrogen-bond donors (Lipinski definition) is 1. The molecule has 39 heavy (non-hydrogen) atoms. The molecule has 10 heteroatoms. The molecule has 8 nitrogen and oxygen atoms in total. The summed E-state index contributed by atoms with van der Waals surface area (Å²) < 4.78 is 6.64. The zero-order valence-corrected chi connectivity index (χ0v) is 24.7. The molecule has 1 saturated heterocycles. The maximum Gasteiger partial charge on any atom is 0.257 e. The topological polar surface area (TPSA) is 87.7 Å². The van der Waals surface area contributed by atoms with Gasteiger partial charge in [0, 0.05) is 30.7 Å². The number of rotatable bonds is 7. The molecule has 1 aliphatic rings. The molecule has 1 aliphatic heterocycles. The largest absolute Gasteiger partial charge is 0.496 e. The predicted octanol–water partition coefficient (Wildman–Crippen LogP) is 6.03. The highest BCUT2D eigenvalue weighted by atomic mass is 32.2. The summed E-state index contributed by atoms with van der Waals surface area (Å²) in [6.45, 7) is 13.6. The van der Waals surface area contributed by atoms with E-state index in [9.17, 15) is 9.59 Å². The molecule has 0 bridgehead atoms. The first-order valence-electron chi connectivity index (χ1n) is 12.8. The van der Waals surface area contributed by atoms with Gasteiger partial charge in [-0.25, -0.2) is 9.97 Å². The van der Waals surface area contributed by atoms with Crippen molar-refractivity contribution in [1.29, 1.82) is 0 Å². The fourth-order valence-corrected chi connectivity index (χ4v) is 6.54. The lowest BCUT2D eigenvalue weighted by Gasteiger charge is -2.40. The number of benzene rings is 1. The van der Waals surface area contributed by atoms with Crippen LogP contribution in [0.5, 0.6) is 5.75 Å². The number of anilines is 2. The number of pyridine rings is 1.